The summed E-state index contributed by atoms with van der Waals surface area (Å²) in [7, 11) is 0. The summed E-state index contributed by atoms with van der Waals surface area (Å²) in [4.78, 5) is 24.2. The van der Waals surface area contributed by atoms with E-state index >= 15 is 0 Å². The molecular formula is C18H20N2O3. The van der Waals surface area contributed by atoms with Crippen LogP contribution in [0.3, 0.4) is 0 Å². The largest absolute Gasteiger partial charge is 0.449 e. The average Bonchev–Trinajstić information content (AvgIpc) is 2.55. The average molecular weight is 312 g/mol. The van der Waals surface area contributed by atoms with Gasteiger partial charge in [-0.2, -0.15) is 0 Å². The fraction of sp³-hybridized carbons (Fsp3) is 0.222. The summed E-state index contributed by atoms with van der Waals surface area (Å²) in [6.07, 6.45) is -0.893. The van der Waals surface area contributed by atoms with Crippen molar-refractivity contribution in [2.24, 2.45) is 0 Å². The number of nitrogen functional groups attached to an aromatic ring is 1. The molecule has 120 valence electrons. The van der Waals surface area contributed by atoms with Gasteiger partial charge in [0.1, 0.15) is 0 Å². The molecule has 0 aromatic heterocycles. The molecule has 3 N–H and O–H groups in total. The third-order valence-corrected chi connectivity index (χ3v) is 3.43. The molecule has 0 bridgehead atoms. The van der Waals surface area contributed by atoms with Gasteiger partial charge in [-0.25, -0.2) is 4.79 Å². The topological polar surface area (TPSA) is 81.4 Å². The van der Waals surface area contributed by atoms with Gasteiger partial charge < -0.3 is 15.8 Å². The third kappa shape index (κ3) is 4.57. The van der Waals surface area contributed by atoms with Crippen molar-refractivity contribution >= 4 is 17.6 Å². The minimum absolute atomic E-state index is 0.169. The molecule has 0 aliphatic rings. The molecule has 2 aromatic rings. The molecule has 2 unspecified atom stereocenters. The van der Waals surface area contributed by atoms with E-state index in [4.69, 9.17) is 10.5 Å². The van der Waals surface area contributed by atoms with Crippen LogP contribution in [0, 0.1) is 0 Å². The Labute approximate surface area is 135 Å². The van der Waals surface area contributed by atoms with E-state index < -0.39 is 12.1 Å². The van der Waals surface area contributed by atoms with Crippen LogP contribution >= 0.6 is 0 Å². The van der Waals surface area contributed by atoms with Crippen LogP contribution in [0.2, 0.25) is 0 Å². The highest BCUT2D eigenvalue weighted by Crippen LogP contribution is 2.13. The number of carbonyl (C=O) groups is 2. The lowest BCUT2D eigenvalue weighted by molar-refractivity contribution is -0.129. The maximum absolute atomic E-state index is 12.1. The van der Waals surface area contributed by atoms with Crippen LogP contribution in [0.25, 0.3) is 0 Å². The fourth-order valence-electron chi connectivity index (χ4n) is 2.10. The first kappa shape index (κ1) is 16.5. The molecule has 0 saturated heterocycles. The van der Waals surface area contributed by atoms with Crippen LogP contribution < -0.4 is 11.1 Å². The molecule has 0 heterocycles. The molecule has 0 fully saturated rings. The van der Waals surface area contributed by atoms with E-state index in [9.17, 15) is 9.59 Å². The van der Waals surface area contributed by atoms with Gasteiger partial charge >= 0.3 is 5.97 Å². The lowest BCUT2D eigenvalue weighted by Crippen LogP contribution is -2.37. The van der Waals surface area contributed by atoms with Crippen LogP contribution in [0.5, 0.6) is 0 Å². The van der Waals surface area contributed by atoms with Crippen LogP contribution in [-0.4, -0.2) is 18.0 Å². The van der Waals surface area contributed by atoms with Crippen molar-refractivity contribution in [3.8, 4) is 0 Å². The van der Waals surface area contributed by atoms with Crippen molar-refractivity contribution in [3.63, 3.8) is 0 Å². The Bertz CT molecular complexity index is 686. The first-order chi connectivity index (χ1) is 11.0. The van der Waals surface area contributed by atoms with E-state index in [-0.39, 0.29) is 11.9 Å². The molecule has 2 aromatic carbocycles. The SMILES string of the molecule is CC(OC(=O)c1cccc(N)c1)C(=O)NC(C)c1ccccc1. The highest BCUT2D eigenvalue weighted by molar-refractivity contribution is 5.93. The van der Waals surface area contributed by atoms with Crippen molar-refractivity contribution in [1.29, 1.82) is 0 Å². The molecule has 23 heavy (non-hydrogen) atoms. The Balaban J connectivity index is 1.93. The Kier molecular flexibility index (Phi) is 5.36. The number of hydrogen-bond donors (Lipinski definition) is 2. The molecule has 0 aliphatic carbocycles. The Morgan fingerprint density at radius 2 is 1.74 bits per heavy atom. The highest BCUT2D eigenvalue weighted by Gasteiger charge is 2.20. The van der Waals surface area contributed by atoms with Crippen molar-refractivity contribution in [2.45, 2.75) is 26.0 Å². The molecule has 5 nitrogen and oxygen atoms in total. The van der Waals surface area contributed by atoms with Crippen LogP contribution in [0.15, 0.2) is 54.6 Å². The fourth-order valence-corrected chi connectivity index (χ4v) is 2.10. The normalized spacial score (nSPS) is 13.0. The first-order valence-corrected chi connectivity index (χ1v) is 7.39. The smallest absolute Gasteiger partial charge is 0.338 e. The molecule has 2 rings (SSSR count). The van der Waals surface area contributed by atoms with Crippen LogP contribution in [-0.2, 0) is 9.53 Å². The van der Waals surface area contributed by atoms with Gasteiger partial charge in [0.05, 0.1) is 11.6 Å². The number of ether oxygens (including phenoxy) is 1. The molecule has 0 spiro atoms. The van der Waals surface area contributed by atoms with Crippen molar-refractivity contribution < 1.29 is 14.3 Å². The van der Waals surface area contributed by atoms with Gasteiger partial charge in [0.2, 0.25) is 0 Å². The summed E-state index contributed by atoms with van der Waals surface area (Å²) < 4.78 is 5.18. The number of rotatable bonds is 5. The third-order valence-electron chi connectivity index (χ3n) is 3.43. The van der Waals surface area contributed by atoms with Gasteiger partial charge in [0, 0.05) is 5.69 Å². The molecular weight excluding hydrogens is 292 g/mol. The monoisotopic (exact) mass is 312 g/mol. The summed E-state index contributed by atoms with van der Waals surface area (Å²) in [6, 6.07) is 15.8. The van der Waals surface area contributed by atoms with Gasteiger partial charge in [-0.15, -0.1) is 0 Å². The van der Waals surface area contributed by atoms with E-state index in [2.05, 4.69) is 5.32 Å². The zero-order chi connectivity index (χ0) is 16.8. The van der Waals surface area contributed by atoms with Crippen LogP contribution in [0.4, 0.5) is 5.69 Å². The van der Waals surface area contributed by atoms with Gasteiger partial charge in [-0.1, -0.05) is 36.4 Å². The minimum atomic E-state index is -0.893. The Hall–Kier alpha value is -2.82. The number of esters is 1. The van der Waals surface area contributed by atoms with Gasteiger partial charge in [0.15, 0.2) is 6.10 Å². The maximum atomic E-state index is 12.1. The van der Waals surface area contributed by atoms with E-state index in [1.807, 2.05) is 37.3 Å². The zero-order valence-electron chi connectivity index (χ0n) is 13.2. The number of hydrogen-bond acceptors (Lipinski definition) is 4. The van der Waals surface area contributed by atoms with E-state index in [1.165, 1.54) is 13.0 Å². The van der Waals surface area contributed by atoms with Gasteiger partial charge in [-0.3, -0.25) is 4.79 Å². The summed E-state index contributed by atoms with van der Waals surface area (Å²) in [6.45, 7) is 3.41. The number of benzene rings is 2. The summed E-state index contributed by atoms with van der Waals surface area (Å²) in [5.41, 5.74) is 7.40. The Morgan fingerprint density at radius 1 is 1.04 bits per heavy atom. The molecule has 0 aliphatic heterocycles. The molecule has 2 atom stereocenters. The summed E-state index contributed by atoms with van der Waals surface area (Å²) >= 11 is 0. The second-order valence-corrected chi connectivity index (χ2v) is 5.31. The second kappa shape index (κ2) is 7.45. The Morgan fingerprint density at radius 3 is 2.39 bits per heavy atom. The molecule has 1 amide bonds. The number of anilines is 1. The molecule has 0 saturated carbocycles. The number of carbonyl (C=O) groups excluding carboxylic acids is 2. The van der Waals surface area contributed by atoms with E-state index in [1.54, 1.807) is 18.2 Å². The predicted molar refractivity (Wildman–Crippen MR) is 88.7 cm³/mol. The van der Waals surface area contributed by atoms with Gasteiger partial charge in [-0.05, 0) is 37.6 Å². The molecule has 0 radical (unpaired) electrons. The van der Waals surface area contributed by atoms with E-state index in [0.29, 0.717) is 11.3 Å². The lowest BCUT2D eigenvalue weighted by Gasteiger charge is -2.18. The maximum Gasteiger partial charge on any atom is 0.338 e. The standard InChI is InChI=1S/C18H20N2O3/c1-12(14-7-4-3-5-8-14)20-17(21)13(2)23-18(22)15-9-6-10-16(19)11-15/h3-13H,19H2,1-2H3,(H,20,21). The zero-order valence-corrected chi connectivity index (χ0v) is 13.2. The van der Waals surface area contributed by atoms with Crippen molar-refractivity contribution in [1.82, 2.24) is 5.32 Å². The summed E-state index contributed by atoms with van der Waals surface area (Å²) in [5.74, 6) is -0.925. The number of nitrogens with one attached hydrogen (secondary N) is 1. The minimum Gasteiger partial charge on any atom is -0.449 e. The van der Waals surface area contributed by atoms with E-state index in [0.717, 1.165) is 5.56 Å². The highest BCUT2D eigenvalue weighted by atomic mass is 16.5. The first-order valence-electron chi connectivity index (χ1n) is 7.39. The predicted octanol–water partition coefficient (Wildman–Crippen LogP) is 2.69. The van der Waals surface area contributed by atoms with Crippen LogP contribution in [0.1, 0.15) is 35.8 Å². The number of amides is 1. The van der Waals surface area contributed by atoms with Gasteiger partial charge in [0.25, 0.3) is 5.91 Å². The van der Waals surface area contributed by atoms with Crippen molar-refractivity contribution in [2.75, 3.05) is 5.73 Å². The van der Waals surface area contributed by atoms with Crippen molar-refractivity contribution in [3.05, 3.63) is 65.7 Å². The lowest BCUT2D eigenvalue weighted by atomic mass is 10.1. The number of nitrogens with two attached hydrogens (primary N) is 1. The quantitative estimate of drug-likeness (QED) is 0.657. The second-order valence-electron chi connectivity index (χ2n) is 5.31. The summed E-state index contributed by atoms with van der Waals surface area (Å²) in [5, 5.41) is 2.82. The molecule has 5 heteroatoms.